The molecule has 2 rings (SSSR count). The molecule has 4 amide bonds. The average molecular weight is 471 g/mol. The lowest BCUT2D eigenvalue weighted by Gasteiger charge is -2.10. The van der Waals surface area contributed by atoms with Crippen LogP contribution in [0.5, 0.6) is 5.75 Å². The number of amides is 4. The molecule has 164 valence electrons. The van der Waals surface area contributed by atoms with Crippen molar-refractivity contribution in [2.24, 2.45) is 0 Å². The summed E-state index contributed by atoms with van der Waals surface area (Å²) in [5, 5.41) is 5.10. The van der Waals surface area contributed by atoms with E-state index in [1.54, 1.807) is 0 Å². The molecular weight excluding hydrogens is 454 g/mol. The van der Waals surface area contributed by atoms with Crippen LogP contribution in [0, 0.1) is 5.82 Å². The van der Waals surface area contributed by atoms with Crippen LogP contribution in [-0.4, -0.2) is 43.3 Å². The lowest BCUT2D eigenvalue weighted by atomic mass is 10.2. The van der Waals surface area contributed by atoms with E-state index in [0.29, 0.717) is 5.02 Å². The monoisotopic (exact) mass is 470 g/mol. The number of halogens is 3. The Bertz CT molecular complexity index is 972. The van der Waals surface area contributed by atoms with E-state index in [-0.39, 0.29) is 16.3 Å². The number of ether oxygens (including phenoxy) is 1. The van der Waals surface area contributed by atoms with E-state index in [9.17, 15) is 23.6 Å². The molecule has 0 aliphatic carbocycles. The molecule has 31 heavy (non-hydrogen) atoms. The maximum Gasteiger partial charge on any atom is 0.276 e. The van der Waals surface area contributed by atoms with Crippen LogP contribution in [0.3, 0.4) is 0 Å². The molecule has 2 aromatic rings. The van der Waals surface area contributed by atoms with Gasteiger partial charge in [-0.1, -0.05) is 23.2 Å². The van der Waals surface area contributed by atoms with Crippen LogP contribution in [-0.2, 0) is 14.4 Å². The van der Waals surface area contributed by atoms with E-state index < -0.39 is 49.1 Å². The van der Waals surface area contributed by atoms with Gasteiger partial charge < -0.3 is 15.4 Å². The molecule has 0 bridgehead atoms. The van der Waals surface area contributed by atoms with E-state index in [0.717, 1.165) is 0 Å². The van der Waals surface area contributed by atoms with E-state index in [2.05, 4.69) is 21.5 Å². The zero-order valence-electron chi connectivity index (χ0n) is 15.8. The Hall–Kier alpha value is -3.37. The Morgan fingerprint density at radius 3 is 2.16 bits per heavy atom. The van der Waals surface area contributed by atoms with Crippen molar-refractivity contribution in [3.63, 3.8) is 0 Å². The van der Waals surface area contributed by atoms with E-state index in [1.165, 1.54) is 42.5 Å². The number of hydrogen-bond acceptors (Lipinski definition) is 5. The highest BCUT2D eigenvalue weighted by molar-refractivity contribution is 6.36. The molecule has 0 aliphatic rings. The van der Waals surface area contributed by atoms with Crippen LogP contribution >= 0.6 is 23.2 Å². The highest BCUT2D eigenvalue weighted by Gasteiger charge is 2.13. The van der Waals surface area contributed by atoms with Crippen LogP contribution in [0.25, 0.3) is 0 Å². The van der Waals surface area contributed by atoms with Crippen LogP contribution in [0.4, 0.5) is 4.39 Å². The SMILES string of the molecule is O=C(CNC(=O)c1ccc(Cl)cc1Cl)NCC(=O)NNC(=O)COc1ccc(F)cc1. The number of carbonyl (C=O) groups is 4. The van der Waals surface area contributed by atoms with Gasteiger partial charge in [0.15, 0.2) is 6.61 Å². The number of benzene rings is 2. The van der Waals surface area contributed by atoms with E-state index >= 15 is 0 Å². The summed E-state index contributed by atoms with van der Waals surface area (Å²) in [5.74, 6) is -2.78. The minimum absolute atomic E-state index is 0.129. The number of hydrazine groups is 1. The number of carbonyl (C=O) groups excluding carboxylic acids is 4. The maximum absolute atomic E-state index is 12.8. The summed E-state index contributed by atoms with van der Waals surface area (Å²) < 4.78 is 17.9. The maximum atomic E-state index is 12.8. The van der Waals surface area contributed by atoms with Crippen LogP contribution < -0.4 is 26.2 Å². The summed E-state index contributed by atoms with van der Waals surface area (Å²) in [6.07, 6.45) is 0. The molecule has 0 radical (unpaired) electrons. The Morgan fingerprint density at radius 2 is 1.48 bits per heavy atom. The summed E-state index contributed by atoms with van der Waals surface area (Å²) in [6.45, 7) is -1.27. The molecule has 0 fully saturated rings. The zero-order chi connectivity index (χ0) is 22.8. The molecule has 0 aliphatic heterocycles. The van der Waals surface area contributed by atoms with E-state index in [4.69, 9.17) is 27.9 Å². The minimum Gasteiger partial charge on any atom is -0.484 e. The standard InChI is InChI=1S/C19H17Cl2FN4O5/c20-11-1-6-14(15(21)7-11)19(30)24-8-16(27)23-9-17(28)25-26-18(29)10-31-13-4-2-12(22)3-5-13/h1-7H,8-10H2,(H,23,27)(H,24,30)(H,25,28)(H,26,29). The van der Waals surface area contributed by atoms with Gasteiger partial charge >= 0.3 is 0 Å². The summed E-state index contributed by atoms with van der Waals surface area (Å²) in [5.41, 5.74) is 4.30. The quantitative estimate of drug-likeness (QED) is 0.431. The highest BCUT2D eigenvalue weighted by Crippen LogP contribution is 2.20. The zero-order valence-corrected chi connectivity index (χ0v) is 17.3. The normalized spacial score (nSPS) is 10.0. The minimum atomic E-state index is -0.712. The van der Waals surface area contributed by atoms with Gasteiger partial charge in [0.1, 0.15) is 11.6 Å². The third kappa shape index (κ3) is 8.49. The largest absolute Gasteiger partial charge is 0.484 e. The smallest absolute Gasteiger partial charge is 0.276 e. The molecule has 0 aromatic heterocycles. The van der Waals surface area contributed by atoms with Gasteiger partial charge in [0, 0.05) is 5.02 Å². The Balaban J connectivity index is 1.62. The van der Waals surface area contributed by atoms with Crippen molar-refractivity contribution in [3.05, 3.63) is 63.9 Å². The predicted molar refractivity (Wildman–Crippen MR) is 110 cm³/mol. The number of rotatable bonds is 8. The average Bonchev–Trinajstić information content (AvgIpc) is 2.74. The van der Waals surface area contributed by atoms with Crippen molar-refractivity contribution in [3.8, 4) is 5.75 Å². The molecule has 0 spiro atoms. The number of nitrogens with one attached hydrogen (secondary N) is 4. The van der Waals surface area contributed by atoms with Crippen molar-refractivity contribution in [2.75, 3.05) is 19.7 Å². The third-order valence-corrected chi connectivity index (χ3v) is 4.10. The number of hydrogen-bond donors (Lipinski definition) is 4. The van der Waals surface area contributed by atoms with Gasteiger partial charge in [-0.05, 0) is 42.5 Å². The lowest BCUT2D eigenvalue weighted by Crippen LogP contribution is -2.48. The molecule has 0 unspecified atom stereocenters. The Labute approximate surface area is 186 Å². The third-order valence-electron chi connectivity index (χ3n) is 3.56. The van der Waals surface area contributed by atoms with Gasteiger partial charge in [0.2, 0.25) is 5.91 Å². The fourth-order valence-corrected chi connectivity index (χ4v) is 2.56. The second kappa shape index (κ2) is 11.7. The van der Waals surface area contributed by atoms with Crippen molar-refractivity contribution in [1.29, 1.82) is 0 Å². The Kier molecular flexibility index (Phi) is 9.04. The molecular formula is C19H17Cl2FN4O5. The fourth-order valence-electron chi connectivity index (χ4n) is 2.07. The first kappa shape index (κ1) is 23.9. The van der Waals surface area contributed by atoms with Crippen molar-refractivity contribution < 1.29 is 28.3 Å². The summed E-state index contributed by atoms with van der Waals surface area (Å²) >= 11 is 11.7. The topological polar surface area (TPSA) is 126 Å². The molecule has 0 saturated heterocycles. The van der Waals surface area contributed by atoms with Crippen molar-refractivity contribution in [1.82, 2.24) is 21.5 Å². The molecule has 12 heteroatoms. The summed E-state index contributed by atoms with van der Waals surface area (Å²) in [6, 6.07) is 9.31. The Morgan fingerprint density at radius 1 is 0.839 bits per heavy atom. The van der Waals surface area contributed by atoms with Gasteiger partial charge in [0.05, 0.1) is 23.7 Å². The van der Waals surface area contributed by atoms with Crippen molar-refractivity contribution >= 4 is 46.8 Å². The molecule has 0 heterocycles. The second-order valence-corrected chi connectivity index (χ2v) is 6.77. The second-order valence-electron chi connectivity index (χ2n) is 5.92. The van der Waals surface area contributed by atoms with Gasteiger partial charge in [-0.15, -0.1) is 0 Å². The van der Waals surface area contributed by atoms with Gasteiger partial charge in [-0.25, -0.2) is 4.39 Å². The molecule has 0 atom stereocenters. The first-order valence-electron chi connectivity index (χ1n) is 8.70. The molecule has 2 aromatic carbocycles. The first-order valence-corrected chi connectivity index (χ1v) is 9.46. The predicted octanol–water partition coefficient (Wildman–Crippen LogP) is 1.20. The van der Waals surface area contributed by atoms with Gasteiger partial charge in [0.25, 0.3) is 17.7 Å². The molecule has 0 saturated carbocycles. The van der Waals surface area contributed by atoms with E-state index in [1.807, 2.05) is 0 Å². The molecule has 9 nitrogen and oxygen atoms in total. The summed E-state index contributed by atoms with van der Waals surface area (Å²) in [4.78, 5) is 47.0. The lowest BCUT2D eigenvalue weighted by molar-refractivity contribution is -0.130. The van der Waals surface area contributed by atoms with Gasteiger partial charge in [-0.2, -0.15) is 0 Å². The van der Waals surface area contributed by atoms with Gasteiger partial charge in [-0.3, -0.25) is 30.0 Å². The molecule has 4 N–H and O–H groups in total. The van der Waals surface area contributed by atoms with Crippen LogP contribution in [0.15, 0.2) is 42.5 Å². The highest BCUT2D eigenvalue weighted by atomic mass is 35.5. The van der Waals surface area contributed by atoms with Crippen LogP contribution in [0.1, 0.15) is 10.4 Å². The fraction of sp³-hybridized carbons (Fsp3) is 0.158. The van der Waals surface area contributed by atoms with Crippen LogP contribution in [0.2, 0.25) is 10.0 Å². The first-order chi connectivity index (χ1) is 14.7. The van der Waals surface area contributed by atoms with Crippen molar-refractivity contribution in [2.45, 2.75) is 0 Å². The summed E-state index contributed by atoms with van der Waals surface area (Å²) in [7, 11) is 0.